The summed E-state index contributed by atoms with van der Waals surface area (Å²) in [4.78, 5) is 57.7. The van der Waals surface area contributed by atoms with E-state index in [1.165, 1.54) is 33.5 Å². The van der Waals surface area contributed by atoms with Gasteiger partial charge in [-0.3, -0.25) is 28.8 Å². The molecule has 55 heavy (non-hydrogen) atoms. The second kappa shape index (κ2) is 16.5. The number of hydrogen-bond acceptors (Lipinski definition) is 10. The Hall–Kier alpha value is -5.46. The molecule has 1 aliphatic heterocycles. The maximum atomic E-state index is 14.3. The first kappa shape index (κ1) is 39.2. The Morgan fingerprint density at radius 3 is 2.55 bits per heavy atom. The van der Waals surface area contributed by atoms with E-state index >= 15 is 0 Å². The summed E-state index contributed by atoms with van der Waals surface area (Å²) in [6, 6.07) is 13.7. The van der Waals surface area contributed by atoms with E-state index < -0.39 is 33.7 Å². The summed E-state index contributed by atoms with van der Waals surface area (Å²) in [5, 5.41) is 8.29. The Bertz CT molecular complexity index is 2490. The number of imidazole rings is 1. The molecular weight excluding hydrogens is 797 g/mol. The topological polar surface area (TPSA) is 212 Å². The van der Waals surface area contributed by atoms with Gasteiger partial charge in [0.2, 0.25) is 27.8 Å². The molecule has 3 heterocycles. The quantitative estimate of drug-likeness (QED) is 0.0705. The number of halogens is 2. The number of anilines is 4. The number of piperidine rings is 1. The summed E-state index contributed by atoms with van der Waals surface area (Å²) in [6.07, 6.45) is 5.89. The van der Waals surface area contributed by atoms with E-state index in [1.807, 2.05) is 18.2 Å². The van der Waals surface area contributed by atoms with Crippen molar-refractivity contribution in [2.45, 2.75) is 62.8 Å². The molecule has 1 saturated heterocycles. The van der Waals surface area contributed by atoms with E-state index in [4.69, 9.17) is 5.73 Å². The van der Waals surface area contributed by atoms with Crippen molar-refractivity contribution in [3.05, 3.63) is 98.3 Å². The number of fused-ring (bicyclic) bond motifs is 1. The molecule has 0 bridgehead atoms. The number of nitrogens with two attached hydrogens (primary N) is 1. The predicted molar refractivity (Wildman–Crippen MR) is 208 cm³/mol. The molecule has 6 rings (SSSR count). The summed E-state index contributed by atoms with van der Waals surface area (Å²) in [5.74, 6) is -2.12. The number of unbranched alkanes of at least 4 members (excludes halogenated alkanes) is 3. The van der Waals surface area contributed by atoms with Crippen molar-refractivity contribution in [1.82, 2.24) is 29.1 Å². The molecule has 288 valence electrons. The van der Waals surface area contributed by atoms with E-state index in [9.17, 15) is 32.0 Å². The average Bonchev–Trinajstić information content (AvgIpc) is 3.38. The molecule has 18 heteroatoms. The standard InChI is InChI=1S/C37H39BrFN9O6S/c1-21-18-23(12-13-26(21)44-36-41-20-24(38)34(46-36)43-27-10-7-9-25(39)32(27)33(40)50)55(53,54)42-17-6-4-3-5-8-22-11-14-28-30(19-22)47(2)37(52)48(28)29-15-16-31(49)45-35(29)51/h7,9-14,18-20,29,42H,3-6,8,15-17H2,1-2H3,(H2,40,50)(H,45,49,51)(H2,41,43,44,46). The summed E-state index contributed by atoms with van der Waals surface area (Å²) in [7, 11) is -2.11. The van der Waals surface area contributed by atoms with E-state index in [1.54, 1.807) is 26.1 Å². The average molecular weight is 837 g/mol. The van der Waals surface area contributed by atoms with Crippen LogP contribution in [0.15, 0.2) is 75.0 Å². The van der Waals surface area contributed by atoms with E-state index in [2.05, 4.69) is 46.6 Å². The van der Waals surface area contributed by atoms with Crippen LogP contribution >= 0.6 is 15.9 Å². The van der Waals surface area contributed by atoms with Gasteiger partial charge in [-0.2, -0.15) is 4.98 Å². The fraction of sp³-hybridized carbons (Fsp3) is 0.297. The minimum Gasteiger partial charge on any atom is -0.365 e. The number of hydrogen-bond donors (Lipinski definition) is 5. The van der Waals surface area contributed by atoms with Crippen molar-refractivity contribution in [2.24, 2.45) is 12.8 Å². The summed E-state index contributed by atoms with van der Waals surface area (Å²) < 4.78 is 46.5. The zero-order valence-electron chi connectivity index (χ0n) is 30.0. The normalized spacial score (nSPS) is 14.6. The lowest BCUT2D eigenvalue weighted by Crippen LogP contribution is -2.44. The number of sulfonamides is 1. The van der Waals surface area contributed by atoms with Gasteiger partial charge in [0, 0.05) is 31.9 Å². The highest BCUT2D eigenvalue weighted by Gasteiger charge is 2.31. The number of nitrogens with one attached hydrogen (secondary N) is 4. The number of imide groups is 1. The van der Waals surface area contributed by atoms with Gasteiger partial charge in [-0.25, -0.2) is 27.3 Å². The molecule has 1 atom stereocenters. The van der Waals surface area contributed by atoms with E-state index in [-0.39, 0.29) is 58.9 Å². The highest BCUT2D eigenvalue weighted by atomic mass is 79.9. The lowest BCUT2D eigenvalue weighted by molar-refractivity contribution is -0.135. The van der Waals surface area contributed by atoms with Crippen molar-refractivity contribution < 1.29 is 27.2 Å². The van der Waals surface area contributed by atoms with Crippen molar-refractivity contribution in [3.63, 3.8) is 0 Å². The zero-order valence-corrected chi connectivity index (χ0v) is 32.4. The third-order valence-electron chi connectivity index (χ3n) is 9.37. The molecule has 5 aromatic rings. The summed E-state index contributed by atoms with van der Waals surface area (Å²) >= 11 is 3.35. The summed E-state index contributed by atoms with van der Waals surface area (Å²) in [6.45, 7) is 2.02. The number of primary amides is 1. The number of rotatable bonds is 15. The van der Waals surface area contributed by atoms with Crippen molar-refractivity contribution in [2.75, 3.05) is 17.2 Å². The fourth-order valence-electron chi connectivity index (χ4n) is 6.48. The first-order chi connectivity index (χ1) is 26.2. The fourth-order valence-corrected chi connectivity index (χ4v) is 7.93. The number of carbonyl (C=O) groups excluding carboxylic acids is 3. The highest BCUT2D eigenvalue weighted by Crippen LogP contribution is 2.29. The van der Waals surface area contributed by atoms with Crippen LogP contribution in [0.1, 0.15) is 66.1 Å². The molecule has 0 radical (unpaired) electrons. The maximum absolute atomic E-state index is 14.3. The lowest BCUT2D eigenvalue weighted by Gasteiger charge is -2.21. The van der Waals surface area contributed by atoms with Crippen LogP contribution in [-0.2, 0) is 33.1 Å². The third-order valence-corrected chi connectivity index (χ3v) is 11.4. The van der Waals surface area contributed by atoms with Crippen molar-refractivity contribution >= 4 is 77.8 Å². The molecule has 3 aromatic carbocycles. The first-order valence-electron chi connectivity index (χ1n) is 17.5. The van der Waals surface area contributed by atoms with Crippen LogP contribution < -0.4 is 32.1 Å². The van der Waals surface area contributed by atoms with Crippen molar-refractivity contribution in [3.8, 4) is 0 Å². The van der Waals surface area contributed by atoms with Crippen LogP contribution in [0.4, 0.5) is 27.5 Å². The number of benzene rings is 3. The minimum absolute atomic E-state index is 0.107. The molecule has 0 spiro atoms. The highest BCUT2D eigenvalue weighted by molar-refractivity contribution is 9.10. The monoisotopic (exact) mass is 835 g/mol. The minimum atomic E-state index is -3.78. The van der Waals surface area contributed by atoms with Crippen LogP contribution in [0.3, 0.4) is 0 Å². The van der Waals surface area contributed by atoms with Crippen LogP contribution in [0.25, 0.3) is 11.0 Å². The van der Waals surface area contributed by atoms with Crippen LogP contribution in [0.5, 0.6) is 0 Å². The number of nitrogens with zero attached hydrogens (tertiary/aromatic N) is 4. The molecule has 6 N–H and O–H groups in total. The Kier molecular flexibility index (Phi) is 11.8. The van der Waals surface area contributed by atoms with Gasteiger partial charge in [0.25, 0.3) is 5.91 Å². The third kappa shape index (κ3) is 8.76. The van der Waals surface area contributed by atoms with Gasteiger partial charge >= 0.3 is 5.69 Å². The number of carbonyl (C=O) groups is 3. The van der Waals surface area contributed by atoms with Crippen molar-refractivity contribution in [1.29, 1.82) is 0 Å². The Morgan fingerprint density at radius 1 is 1.02 bits per heavy atom. The van der Waals surface area contributed by atoms with Crippen LogP contribution in [-0.4, -0.2) is 51.8 Å². The van der Waals surface area contributed by atoms with Gasteiger partial charge in [0.05, 0.1) is 31.7 Å². The molecule has 3 amide bonds. The van der Waals surface area contributed by atoms with Gasteiger partial charge in [0.15, 0.2) is 0 Å². The zero-order chi connectivity index (χ0) is 39.4. The number of aryl methyl sites for hydroxylation is 3. The maximum Gasteiger partial charge on any atom is 0.329 e. The second-order valence-electron chi connectivity index (χ2n) is 13.2. The molecule has 1 aliphatic rings. The van der Waals surface area contributed by atoms with Gasteiger partial charge < -0.3 is 16.4 Å². The largest absolute Gasteiger partial charge is 0.365 e. The molecular formula is C37H39BrFN9O6S. The van der Waals surface area contributed by atoms with E-state index in [0.29, 0.717) is 33.2 Å². The Labute approximate surface area is 324 Å². The van der Waals surface area contributed by atoms with Crippen LogP contribution in [0, 0.1) is 12.7 Å². The second-order valence-corrected chi connectivity index (χ2v) is 15.8. The Morgan fingerprint density at radius 2 is 1.80 bits per heavy atom. The molecule has 15 nitrogen and oxygen atoms in total. The summed E-state index contributed by atoms with van der Waals surface area (Å²) in [5.41, 5.74) is 8.46. The number of amides is 3. The van der Waals surface area contributed by atoms with Gasteiger partial charge in [-0.15, -0.1) is 0 Å². The first-order valence-corrected chi connectivity index (χ1v) is 19.8. The van der Waals surface area contributed by atoms with E-state index in [0.717, 1.165) is 37.3 Å². The molecule has 2 aromatic heterocycles. The smallest absolute Gasteiger partial charge is 0.329 e. The number of aromatic nitrogens is 4. The predicted octanol–water partition coefficient (Wildman–Crippen LogP) is 4.99. The van der Waals surface area contributed by atoms with Gasteiger partial charge in [-0.05, 0) is 102 Å². The SMILES string of the molecule is Cc1cc(S(=O)(=O)NCCCCCCc2ccc3c(c2)n(C)c(=O)n3C2CCC(=O)NC2=O)ccc1Nc1ncc(Br)c(Nc2cccc(F)c2C(N)=O)n1. The molecule has 0 aliphatic carbocycles. The van der Waals surface area contributed by atoms with Crippen LogP contribution in [0.2, 0.25) is 0 Å². The molecule has 0 saturated carbocycles. The van der Waals surface area contributed by atoms with Gasteiger partial charge in [-0.1, -0.05) is 25.0 Å². The lowest BCUT2D eigenvalue weighted by atomic mass is 10.0. The molecule has 1 unspecified atom stereocenters. The Balaban J connectivity index is 0.987. The molecule has 1 fully saturated rings. The van der Waals surface area contributed by atoms with Gasteiger partial charge in [0.1, 0.15) is 17.7 Å².